The molecule has 2 aliphatic heterocycles. The summed E-state index contributed by atoms with van der Waals surface area (Å²) in [6, 6.07) is 3.83. The van der Waals surface area contributed by atoms with Gasteiger partial charge in [-0.25, -0.2) is 4.79 Å². The number of aromatic amines is 1. The lowest BCUT2D eigenvalue weighted by molar-refractivity contribution is 0.325. The lowest BCUT2D eigenvalue weighted by atomic mass is 10.0. The van der Waals surface area contributed by atoms with Gasteiger partial charge >= 0.3 is 5.69 Å². The topological polar surface area (TPSA) is 110 Å². The number of aromatic nitrogens is 2. The summed E-state index contributed by atoms with van der Waals surface area (Å²) in [5, 5.41) is 11.5. The van der Waals surface area contributed by atoms with Gasteiger partial charge in [0.1, 0.15) is 12.5 Å². The van der Waals surface area contributed by atoms with Gasteiger partial charge in [0.25, 0.3) is 0 Å². The van der Waals surface area contributed by atoms with E-state index in [1.54, 1.807) is 4.57 Å². The van der Waals surface area contributed by atoms with Crippen molar-refractivity contribution in [2.45, 2.75) is 25.9 Å². The van der Waals surface area contributed by atoms with E-state index in [2.05, 4.69) is 20.5 Å². The van der Waals surface area contributed by atoms with Crippen LogP contribution in [0.4, 0.5) is 5.82 Å². The minimum absolute atomic E-state index is 0.0305. The normalized spacial score (nSPS) is 20.6. The highest BCUT2D eigenvalue weighted by Gasteiger charge is 2.34. The highest BCUT2D eigenvalue weighted by atomic mass is 16.5. The van der Waals surface area contributed by atoms with Crippen molar-refractivity contribution >= 4 is 5.82 Å². The summed E-state index contributed by atoms with van der Waals surface area (Å²) in [7, 11) is 0. The summed E-state index contributed by atoms with van der Waals surface area (Å²) >= 11 is 0. The largest absolute Gasteiger partial charge is 0.478 e. The molecule has 2 aromatic rings. The zero-order chi connectivity index (χ0) is 16.8. The molecule has 2 unspecified atom stereocenters. The van der Waals surface area contributed by atoms with Gasteiger partial charge in [-0.05, 0) is 43.3 Å². The van der Waals surface area contributed by atoms with Crippen molar-refractivity contribution < 1.29 is 4.74 Å². The third-order valence-corrected chi connectivity index (χ3v) is 4.35. The Hall–Kier alpha value is -2.87. The minimum atomic E-state index is -0.230. The first-order valence-electron chi connectivity index (χ1n) is 7.73. The number of fused-ring (bicyclic) bond motifs is 3. The minimum Gasteiger partial charge on any atom is -0.478 e. The molecule has 0 fully saturated rings. The van der Waals surface area contributed by atoms with E-state index in [0.29, 0.717) is 5.82 Å². The predicted molar refractivity (Wildman–Crippen MR) is 88.9 cm³/mol. The highest BCUT2D eigenvalue weighted by Crippen LogP contribution is 2.38. The Morgan fingerprint density at radius 3 is 2.79 bits per heavy atom. The third-order valence-electron chi connectivity index (χ3n) is 4.35. The number of hydrogen-bond donors (Lipinski definition) is 3. The summed E-state index contributed by atoms with van der Waals surface area (Å²) in [5.74, 6) is 1.22. The van der Waals surface area contributed by atoms with Crippen molar-refractivity contribution in [3.05, 3.63) is 51.7 Å². The molecular weight excluding hydrogens is 308 g/mol. The number of benzene rings is 1. The smallest absolute Gasteiger partial charge is 0.332 e. The molecule has 0 spiro atoms. The second kappa shape index (κ2) is 5.34. The maximum atomic E-state index is 12.5. The van der Waals surface area contributed by atoms with Crippen molar-refractivity contribution in [1.29, 1.82) is 0 Å². The summed E-state index contributed by atoms with van der Waals surface area (Å²) in [5.41, 5.74) is 8.68. The van der Waals surface area contributed by atoms with E-state index in [1.165, 1.54) is 0 Å². The molecule has 1 aromatic carbocycles. The molecule has 0 amide bonds. The first kappa shape index (κ1) is 14.7. The van der Waals surface area contributed by atoms with Crippen LogP contribution in [0.3, 0.4) is 0 Å². The Bertz CT molecular complexity index is 900. The van der Waals surface area contributed by atoms with Gasteiger partial charge in [-0.2, -0.15) is 5.11 Å². The maximum absolute atomic E-state index is 12.5. The highest BCUT2D eigenvalue weighted by molar-refractivity contribution is 5.53. The van der Waals surface area contributed by atoms with Crippen LogP contribution in [0.2, 0.25) is 0 Å². The molecule has 3 heterocycles. The lowest BCUT2D eigenvalue weighted by Gasteiger charge is -2.21. The van der Waals surface area contributed by atoms with Crippen LogP contribution in [-0.4, -0.2) is 22.4 Å². The fourth-order valence-corrected chi connectivity index (χ4v) is 3.38. The summed E-state index contributed by atoms with van der Waals surface area (Å²) in [6.07, 6.45) is 3.68. The number of imidazole rings is 1. The van der Waals surface area contributed by atoms with E-state index >= 15 is 0 Å². The van der Waals surface area contributed by atoms with Crippen LogP contribution in [0, 0.1) is 13.8 Å². The molecule has 0 saturated heterocycles. The van der Waals surface area contributed by atoms with Gasteiger partial charge in [-0.15, -0.1) is 5.11 Å². The molecule has 0 saturated carbocycles. The summed E-state index contributed by atoms with van der Waals surface area (Å²) in [6.45, 7) is 3.98. The molecule has 8 nitrogen and oxygen atoms in total. The average molecular weight is 326 g/mol. The number of aryl methyl sites for hydroxylation is 2. The summed E-state index contributed by atoms with van der Waals surface area (Å²) in [4.78, 5) is 15.3. The van der Waals surface area contributed by atoms with Crippen LogP contribution >= 0.6 is 0 Å². The molecule has 4 rings (SSSR count). The molecule has 0 bridgehead atoms. The van der Waals surface area contributed by atoms with Gasteiger partial charge in [0.15, 0.2) is 12.0 Å². The van der Waals surface area contributed by atoms with Crippen molar-refractivity contribution in [3.63, 3.8) is 0 Å². The van der Waals surface area contributed by atoms with Gasteiger partial charge in [-0.3, -0.25) is 15.3 Å². The fraction of sp³-hybridized carbons (Fsp3) is 0.312. The van der Waals surface area contributed by atoms with E-state index in [1.807, 2.05) is 38.3 Å². The monoisotopic (exact) mass is 326 g/mol. The van der Waals surface area contributed by atoms with Crippen LogP contribution < -0.4 is 21.5 Å². The van der Waals surface area contributed by atoms with Gasteiger partial charge in [0.2, 0.25) is 0 Å². The van der Waals surface area contributed by atoms with Gasteiger partial charge in [0.05, 0.1) is 17.3 Å². The predicted octanol–water partition coefficient (Wildman–Crippen LogP) is 1.70. The third kappa shape index (κ3) is 2.07. The Kier molecular flexibility index (Phi) is 3.27. The molecule has 0 radical (unpaired) electrons. The number of ether oxygens (including phenoxy) is 1. The van der Waals surface area contributed by atoms with Crippen LogP contribution in [-0.2, 0) is 0 Å². The van der Waals surface area contributed by atoms with E-state index in [4.69, 9.17) is 10.5 Å². The summed E-state index contributed by atoms with van der Waals surface area (Å²) < 4.78 is 7.14. The van der Waals surface area contributed by atoms with Crippen molar-refractivity contribution in [3.8, 4) is 11.4 Å². The Morgan fingerprint density at radius 2 is 2.08 bits per heavy atom. The van der Waals surface area contributed by atoms with E-state index in [0.717, 1.165) is 28.3 Å². The zero-order valence-corrected chi connectivity index (χ0v) is 13.4. The van der Waals surface area contributed by atoms with Crippen molar-refractivity contribution in [2.75, 3.05) is 6.73 Å². The molecule has 2 aliphatic rings. The molecule has 2 atom stereocenters. The van der Waals surface area contributed by atoms with Crippen molar-refractivity contribution in [1.82, 2.24) is 14.9 Å². The molecule has 8 heteroatoms. The molecule has 24 heavy (non-hydrogen) atoms. The second-order valence-corrected chi connectivity index (χ2v) is 5.93. The van der Waals surface area contributed by atoms with Gasteiger partial charge in [0, 0.05) is 0 Å². The van der Waals surface area contributed by atoms with Crippen LogP contribution in [0.15, 0.2) is 39.4 Å². The molecular formula is C16H18N6O2. The van der Waals surface area contributed by atoms with E-state index in [-0.39, 0.29) is 24.5 Å². The number of nitrogens with zero attached hydrogens (tertiary/aromatic N) is 3. The lowest BCUT2D eigenvalue weighted by Crippen LogP contribution is -2.27. The number of azo groups is 1. The van der Waals surface area contributed by atoms with Crippen LogP contribution in [0.5, 0.6) is 5.75 Å². The molecule has 1 aromatic heterocycles. The first-order valence-corrected chi connectivity index (χ1v) is 7.73. The quantitative estimate of drug-likeness (QED) is 0.746. The van der Waals surface area contributed by atoms with E-state index in [9.17, 15) is 4.79 Å². The van der Waals surface area contributed by atoms with E-state index < -0.39 is 0 Å². The number of rotatable bonds is 3. The maximum Gasteiger partial charge on any atom is 0.332 e. The SMILES string of the molecule is Cc1cc(-n2c3c([nH]c2=O)N=NC2NC=CC32)cc(C)c1OCN. The second-order valence-electron chi connectivity index (χ2n) is 5.93. The van der Waals surface area contributed by atoms with Crippen LogP contribution in [0.25, 0.3) is 5.69 Å². The van der Waals surface area contributed by atoms with Gasteiger partial charge < -0.3 is 10.1 Å². The molecule has 0 aliphatic carbocycles. The Balaban J connectivity index is 1.90. The Labute approximate surface area is 138 Å². The zero-order valence-electron chi connectivity index (χ0n) is 13.4. The average Bonchev–Trinajstić information content (AvgIpc) is 3.13. The molecule has 4 N–H and O–H groups in total. The first-order chi connectivity index (χ1) is 11.6. The molecule has 124 valence electrons. The van der Waals surface area contributed by atoms with Gasteiger partial charge in [-0.1, -0.05) is 6.08 Å². The van der Waals surface area contributed by atoms with Crippen molar-refractivity contribution in [2.24, 2.45) is 16.0 Å². The number of H-pyrrole nitrogens is 1. The number of hydrogen-bond acceptors (Lipinski definition) is 6. The Morgan fingerprint density at radius 1 is 1.33 bits per heavy atom. The number of nitrogens with two attached hydrogens (primary N) is 1. The number of nitrogens with one attached hydrogen (secondary N) is 2. The fourth-order valence-electron chi connectivity index (χ4n) is 3.38. The standard InChI is InChI=1S/C16H18N6O2/c1-8-5-10(6-9(2)13(8)24-7-17)22-12-11-3-4-18-14(11)20-21-15(12)19-16(22)23/h3-6,11,14,18H,7,17H2,1-2H3,(H,19,23). The van der Waals surface area contributed by atoms with Crippen LogP contribution in [0.1, 0.15) is 22.7 Å².